The van der Waals surface area contributed by atoms with E-state index in [2.05, 4.69) is 4.98 Å². The Labute approximate surface area is 195 Å². The number of nitrogens with zero attached hydrogens (tertiary/aromatic N) is 1. The Balaban J connectivity index is 1.59. The van der Waals surface area contributed by atoms with E-state index < -0.39 is 48.2 Å². The lowest BCUT2D eigenvalue weighted by molar-refractivity contribution is -0.157. The number of aromatic nitrogens is 1. The highest BCUT2D eigenvalue weighted by Crippen LogP contribution is 2.36. The molecule has 1 aliphatic heterocycles. The number of pyridine rings is 1. The Morgan fingerprint density at radius 3 is 2.66 bits per heavy atom. The predicted octanol–water partition coefficient (Wildman–Crippen LogP) is 2.44. The lowest BCUT2D eigenvalue weighted by atomic mass is 10.0. The smallest absolute Gasteiger partial charge is 0.417 e. The van der Waals surface area contributed by atoms with E-state index in [0.29, 0.717) is 11.1 Å². The van der Waals surface area contributed by atoms with Gasteiger partial charge < -0.3 is 24.7 Å². The number of H-pyrrole nitrogens is 1. The van der Waals surface area contributed by atoms with Crippen LogP contribution in [0.3, 0.4) is 0 Å². The summed E-state index contributed by atoms with van der Waals surface area (Å²) in [5.74, 6) is -1.07. The molecule has 3 N–H and O–H groups in total. The monoisotopic (exact) mass is 492 g/mol. The van der Waals surface area contributed by atoms with Crippen LogP contribution in [0.15, 0.2) is 53.3 Å². The molecule has 9 nitrogen and oxygen atoms in total. The van der Waals surface area contributed by atoms with Crippen molar-refractivity contribution in [1.29, 1.82) is 0 Å². The van der Waals surface area contributed by atoms with E-state index in [4.69, 9.17) is 14.6 Å². The van der Waals surface area contributed by atoms with Gasteiger partial charge in [0.25, 0.3) is 5.56 Å². The zero-order valence-electron chi connectivity index (χ0n) is 17.9. The minimum Gasteiger partial charge on any atom is -0.460 e. The number of benzene rings is 2. The SMILES string of the molecule is O=C(OC[C@@H]1CN(c2ccc3cc(-c4ccccc4C(F)(F)F)[nH]c(=O)c3c2)C(=O)O1)C(O)CO. The first-order valence-electron chi connectivity index (χ1n) is 10.4. The summed E-state index contributed by atoms with van der Waals surface area (Å²) >= 11 is 0. The van der Waals surface area contributed by atoms with Gasteiger partial charge in [0.15, 0.2) is 12.2 Å². The first-order chi connectivity index (χ1) is 16.6. The molecule has 0 bridgehead atoms. The van der Waals surface area contributed by atoms with Gasteiger partial charge in [-0.1, -0.05) is 24.3 Å². The average molecular weight is 492 g/mol. The normalized spacial score (nSPS) is 16.9. The Morgan fingerprint density at radius 1 is 1.20 bits per heavy atom. The second kappa shape index (κ2) is 9.39. The maximum atomic E-state index is 13.4. The molecular weight excluding hydrogens is 473 g/mol. The number of hydrogen-bond donors (Lipinski definition) is 3. The van der Waals surface area contributed by atoms with Crippen molar-refractivity contribution in [3.63, 3.8) is 0 Å². The third kappa shape index (κ3) is 4.98. The number of hydrogen-bond acceptors (Lipinski definition) is 7. The van der Waals surface area contributed by atoms with Crippen LogP contribution in [0.5, 0.6) is 0 Å². The van der Waals surface area contributed by atoms with Gasteiger partial charge in [0.1, 0.15) is 6.61 Å². The maximum Gasteiger partial charge on any atom is 0.417 e. The van der Waals surface area contributed by atoms with Gasteiger partial charge in [0, 0.05) is 22.3 Å². The number of aliphatic hydroxyl groups excluding tert-OH is 2. The van der Waals surface area contributed by atoms with Gasteiger partial charge >= 0.3 is 18.2 Å². The van der Waals surface area contributed by atoms with E-state index in [0.717, 1.165) is 6.07 Å². The molecule has 1 aliphatic rings. The minimum absolute atomic E-state index is 0.00398. The predicted molar refractivity (Wildman–Crippen MR) is 117 cm³/mol. The number of alkyl halides is 3. The second-order valence-electron chi connectivity index (χ2n) is 7.77. The molecule has 1 amide bonds. The molecule has 3 aromatic rings. The van der Waals surface area contributed by atoms with Gasteiger partial charge in [-0.25, -0.2) is 9.59 Å². The fraction of sp³-hybridized carbons (Fsp3) is 0.261. The molecule has 2 atom stereocenters. The summed E-state index contributed by atoms with van der Waals surface area (Å²) in [4.78, 5) is 40.2. The van der Waals surface area contributed by atoms with Crippen molar-refractivity contribution in [2.24, 2.45) is 0 Å². The van der Waals surface area contributed by atoms with E-state index in [-0.39, 0.29) is 29.8 Å². The standard InChI is InChI=1S/C23H19F3N2O7/c24-23(25,26)17-4-2-1-3-15(17)18-7-12-5-6-13(8-16(12)20(31)27-18)28-9-14(35-22(28)33)11-34-21(32)19(30)10-29/h1-8,14,19,29-30H,9-11H2,(H,27,31)/t14-,19?/m0/s1. The highest BCUT2D eigenvalue weighted by Gasteiger charge is 2.35. The molecule has 2 heterocycles. The number of esters is 1. The minimum atomic E-state index is -4.61. The number of aliphatic hydroxyl groups is 2. The number of amides is 1. The molecule has 4 rings (SSSR count). The molecule has 35 heavy (non-hydrogen) atoms. The first-order valence-corrected chi connectivity index (χ1v) is 10.4. The number of carbonyl (C=O) groups is 2. The zero-order chi connectivity index (χ0) is 25.3. The van der Waals surface area contributed by atoms with Crippen LogP contribution in [0.4, 0.5) is 23.7 Å². The molecule has 184 valence electrons. The van der Waals surface area contributed by atoms with Crippen LogP contribution in [0.2, 0.25) is 0 Å². The summed E-state index contributed by atoms with van der Waals surface area (Å²) in [6, 6.07) is 10.7. The molecule has 12 heteroatoms. The second-order valence-corrected chi connectivity index (χ2v) is 7.77. The summed E-state index contributed by atoms with van der Waals surface area (Å²) < 4.78 is 50.2. The summed E-state index contributed by atoms with van der Waals surface area (Å²) in [5, 5.41) is 18.5. The molecule has 0 spiro atoms. The molecule has 0 saturated carbocycles. The van der Waals surface area contributed by atoms with Crippen molar-refractivity contribution < 1.29 is 42.4 Å². The molecule has 1 aromatic heterocycles. The van der Waals surface area contributed by atoms with Gasteiger partial charge in [-0.15, -0.1) is 0 Å². The summed E-state index contributed by atoms with van der Waals surface area (Å²) in [6.07, 6.45) is -7.93. The maximum absolute atomic E-state index is 13.4. The van der Waals surface area contributed by atoms with Gasteiger partial charge in [0.05, 0.1) is 18.7 Å². The Kier molecular flexibility index (Phi) is 6.50. The molecule has 1 fully saturated rings. The van der Waals surface area contributed by atoms with E-state index in [9.17, 15) is 32.7 Å². The van der Waals surface area contributed by atoms with Crippen LogP contribution in [0, 0.1) is 0 Å². The Hall–Kier alpha value is -3.90. The van der Waals surface area contributed by atoms with Crippen LogP contribution in [-0.4, -0.2) is 59.2 Å². The van der Waals surface area contributed by atoms with Gasteiger partial charge in [-0.2, -0.15) is 13.2 Å². The lowest BCUT2D eigenvalue weighted by Crippen LogP contribution is -2.31. The van der Waals surface area contributed by atoms with Crippen molar-refractivity contribution in [3.8, 4) is 11.3 Å². The number of rotatable bonds is 6. The Morgan fingerprint density at radius 2 is 1.94 bits per heavy atom. The number of fused-ring (bicyclic) bond motifs is 1. The van der Waals surface area contributed by atoms with E-state index >= 15 is 0 Å². The van der Waals surface area contributed by atoms with Crippen molar-refractivity contribution >= 4 is 28.5 Å². The number of ether oxygens (including phenoxy) is 2. The molecule has 2 aromatic carbocycles. The number of halogens is 3. The number of cyclic esters (lactones) is 1. The summed E-state index contributed by atoms with van der Waals surface area (Å²) in [7, 11) is 0. The van der Waals surface area contributed by atoms with Crippen molar-refractivity contribution in [2.75, 3.05) is 24.7 Å². The van der Waals surface area contributed by atoms with Crippen molar-refractivity contribution in [1.82, 2.24) is 4.98 Å². The van der Waals surface area contributed by atoms with Crippen LogP contribution in [-0.2, 0) is 20.4 Å². The molecule has 1 unspecified atom stereocenters. The van der Waals surface area contributed by atoms with E-state index in [1.54, 1.807) is 0 Å². The van der Waals surface area contributed by atoms with Crippen molar-refractivity contribution in [3.05, 3.63) is 64.4 Å². The number of carbonyl (C=O) groups excluding carboxylic acids is 2. The Bertz CT molecular complexity index is 1340. The zero-order valence-corrected chi connectivity index (χ0v) is 17.9. The van der Waals surface area contributed by atoms with Crippen molar-refractivity contribution in [2.45, 2.75) is 18.4 Å². The highest BCUT2D eigenvalue weighted by molar-refractivity contribution is 5.94. The van der Waals surface area contributed by atoms with Gasteiger partial charge in [-0.3, -0.25) is 9.69 Å². The summed E-state index contributed by atoms with van der Waals surface area (Å²) in [6.45, 7) is -1.19. The average Bonchev–Trinajstić information content (AvgIpc) is 3.21. The highest BCUT2D eigenvalue weighted by atomic mass is 19.4. The molecule has 0 radical (unpaired) electrons. The largest absolute Gasteiger partial charge is 0.460 e. The summed E-state index contributed by atoms with van der Waals surface area (Å²) in [5.41, 5.74) is -1.41. The van der Waals surface area contributed by atoms with Crippen LogP contribution < -0.4 is 10.5 Å². The molecule has 0 aliphatic carbocycles. The number of nitrogens with one attached hydrogen (secondary N) is 1. The van der Waals surface area contributed by atoms with Gasteiger partial charge in [-0.05, 0) is 29.7 Å². The fourth-order valence-electron chi connectivity index (χ4n) is 3.69. The quantitative estimate of drug-likeness (QED) is 0.451. The molecular formula is C23H19F3N2O7. The lowest BCUT2D eigenvalue weighted by Gasteiger charge is -2.15. The fourth-order valence-corrected chi connectivity index (χ4v) is 3.69. The topological polar surface area (TPSA) is 129 Å². The van der Waals surface area contributed by atoms with Crippen LogP contribution in [0.1, 0.15) is 5.56 Å². The number of aromatic amines is 1. The van der Waals surface area contributed by atoms with Crippen LogP contribution >= 0.6 is 0 Å². The third-order valence-electron chi connectivity index (χ3n) is 5.39. The third-order valence-corrected chi connectivity index (χ3v) is 5.39. The van der Waals surface area contributed by atoms with E-state index in [1.807, 2.05) is 0 Å². The number of anilines is 1. The van der Waals surface area contributed by atoms with Crippen LogP contribution in [0.25, 0.3) is 22.0 Å². The van der Waals surface area contributed by atoms with E-state index in [1.165, 1.54) is 47.4 Å². The molecule has 1 saturated heterocycles. The van der Waals surface area contributed by atoms with Gasteiger partial charge in [0.2, 0.25) is 0 Å². The first kappa shape index (κ1) is 24.2.